The number of nitrogens with one attached hydrogen (secondary N) is 1. The molecule has 2 heterocycles. The van der Waals surface area contributed by atoms with Crippen molar-refractivity contribution in [2.24, 2.45) is 0 Å². The second-order valence-electron chi connectivity index (χ2n) is 8.81. The zero-order valence-corrected chi connectivity index (χ0v) is 19.5. The van der Waals surface area contributed by atoms with Crippen LogP contribution in [-0.4, -0.2) is 35.8 Å². The highest BCUT2D eigenvalue weighted by Gasteiger charge is 2.29. The molecule has 35 heavy (non-hydrogen) atoms. The van der Waals surface area contributed by atoms with Crippen LogP contribution in [0.1, 0.15) is 34.7 Å². The fourth-order valence-electron chi connectivity index (χ4n) is 4.43. The first kappa shape index (κ1) is 22.7. The van der Waals surface area contributed by atoms with Crippen LogP contribution in [0.15, 0.2) is 89.3 Å². The van der Waals surface area contributed by atoms with Crippen molar-refractivity contribution < 1.29 is 18.7 Å². The van der Waals surface area contributed by atoms with Gasteiger partial charge in [0.25, 0.3) is 5.91 Å². The van der Waals surface area contributed by atoms with Crippen molar-refractivity contribution in [3.8, 4) is 5.75 Å². The molecule has 4 aromatic rings. The summed E-state index contributed by atoms with van der Waals surface area (Å²) in [5.41, 5.74) is 0.995. The third kappa shape index (κ3) is 5.54. The lowest BCUT2D eigenvalue weighted by Gasteiger charge is -2.24. The van der Waals surface area contributed by atoms with Gasteiger partial charge in [-0.25, -0.2) is 0 Å². The number of carbonyl (C=O) groups is 2. The number of furan rings is 1. The first-order chi connectivity index (χ1) is 17.2. The number of hydrogen-bond acceptors (Lipinski definition) is 4. The number of nitrogens with zero attached hydrogens (tertiary/aromatic N) is 1. The summed E-state index contributed by atoms with van der Waals surface area (Å²) in [5, 5.41) is 5.14. The Balaban J connectivity index is 1.24. The van der Waals surface area contributed by atoms with Gasteiger partial charge in [-0.15, -0.1) is 0 Å². The van der Waals surface area contributed by atoms with E-state index in [0.29, 0.717) is 12.2 Å². The first-order valence-corrected chi connectivity index (χ1v) is 12.0. The molecule has 0 bridgehead atoms. The number of carbonyl (C=O) groups excluding carboxylic acids is 2. The summed E-state index contributed by atoms with van der Waals surface area (Å²) >= 11 is 0. The monoisotopic (exact) mass is 468 g/mol. The maximum Gasteiger partial charge on any atom is 0.287 e. The number of rotatable bonds is 8. The summed E-state index contributed by atoms with van der Waals surface area (Å²) in [6.07, 6.45) is 2.42. The van der Waals surface area contributed by atoms with E-state index < -0.39 is 11.9 Å². The standard InChI is InChI=1S/C29H28N2O4/c32-28(30-26(18-21-8-2-1-3-9-21)29(33)31-16-6-7-17-31)27-15-14-25(35-27)20-34-24-13-12-22-10-4-5-11-23(22)19-24/h1-5,8-15,19,26H,6-7,16-18,20H2,(H,30,32). The zero-order valence-electron chi connectivity index (χ0n) is 19.5. The summed E-state index contributed by atoms with van der Waals surface area (Å²) in [5.74, 6) is 0.968. The Hall–Kier alpha value is -4.06. The van der Waals surface area contributed by atoms with Gasteiger partial charge in [0.1, 0.15) is 24.2 Å². The van der Waals surface area contributed by atoms with Crippen LogP contribution in [0, 0.1) is 0 Å². The van der Waals surface area contributed by atoms with E-state index in [4.69, 9.17) is 9.15 Å². The van der Waals surface area contributed by atoms with E-state index in [1.807, 2.05) is 71.6 Å². The smallest absolute Gasteiger partial charge is 0.287 e. The maximum atomic E-state index is 13.1. The van der Waals surface area contributed by atoms with E-state index in [9.17, 15) is 9.59 Å². The first-order valence-electron chi connectivity index (χ1n) is 12.0. The average molecular weight is 469 g/mol. The van der Waals surface area contributed by atoms with Crippen LogP contribution in [0.3, 0.4) is 0 Å². The summed E-state index contributed by atoms with van der Waals surface area (Å²) in [4.78, 5) is 27.9. The van der Waals surface area contributed by atoms with E-state index in [1.165, 1.54) is 0 Å². The number of amides is 2. The van der Waals surface area contributed by atoms with Crippen molar-refractivity contribution in [3.05, 3.63) is 102 Å². The second kappa shape index (κ2) is 10.5. The van der Waals surface area contributed by atoms with Crippen molar-refractivity contribution in [2.75, 3.05) is 13.1 Å². The van der Waals surface area contributed by atoms with Crippen molar-refractivity contribution in [1.29, 1.82) is 0 Å². The minimum Gasteiger partial charge on any atom is -0.486 e. The highest BCUT2D eigenvalue weighted by atomic mass is 16.5. The average Bonchev–Trinajstić information content (AvgIpc) is 3.60. The molecule has 1 saturated heterocycles. The van der Waals surface area contributed by atoms with Crippen LogP contribution in [0.25, 0.3) is 10.8 Å². The van der Waals surface area contributed by atoms with Crippen LogP contribution in [-0.2, 0) is 17.8 Å². The molecule has 2 amide bonds. The van der Waals surface area contributed by atoms with Crippen LogP contribution < -0.4 is 10.1 Å². The lowest BCUT2D eigenvalue weighted by molar-refractivity contribution is -0.132. The van der Waals surface area contributed by atoms with Gasteiger partial charge in [0, 0.05) is 19.5 Å². The van der Waals surface area contributed by atoms with Gasteiger partial charge in [-0.05, 0) is 53.4 Å². The Morgan fingerprint density at radius 2 is 1.63 bits per heavy atom. The number of ether oxygens (including phenoxy) is 1. The molecule has 1 N–H and O–H groups in total. The molecule has 1 fully saturated rings. The molecule has 0 spiro atoms. The van der Waals surface area contributed by atoms with Crippen LogP contribution in [0.4, 0.5) is 0 Å². The van der Waals surface area contributed by atoms with Crippen LogP contribution in [0.5, 0.6) is 5.75 Å². The van der Waals surface area contributed by atoms with Crippen molar-refractivity contribution >= 4 is 22.6 Å². The fraction of sp³-hybridized carbons (Fsp3) is 0.241. The van der Waals surface area contributed by atoms with Gasteiger partial charge < -0.3 is 19.4 Å². The van der Waals surface area contributed by atoms with Gasteiger partial charge in [0.15, 0.2) is 5.76 Å². The molecule has 1 aliphatic heterocycles. The topological polar surface area (TPSA) is 71.8 Å². The van der Waals surface area contributed by atoms with Gasteiger partial charge in [0.05, 0.1) is 0 Å². The number of benzene rings is 3. The van der Waals surface area contributed by atoms with E-state index in [0.717, 1.165) is 48.0 Å². The summed E-state index contributed by atoms with van der Waals surface area (Å²) in [6, 6.07) is 26.4. The third-order valence-electron chi connectivity index (χ3n) is 6.29. The zero-order chi connectivity index (χ0) is 24.0. The van der Waals surface area contributed by atoms with E-state index >= 15 is 0 Å². The van der Waals surface area contributed by atoms with Crippen molar-refractivity contribution in [1.82, 2.24) is 10.2 Å². The molecule has 0 radical (unpaired) electrons. The largest absolute Gasteiger partial charge is 0.486 e. The molecule has 6 nitrogen and oxygen atoms in total. The van der Waals surface area contributed by atoms with E-state index in [1.54, 1.807) is 12.1 Å². The Labute approximate surface area is 204 Å². The minimum atomic E-state index is -0.648. The van der Waals surface area contributed by atoms with Gasteiger partial charge in [-0.3, -0.25) is 9.59 Å². The molecule has 1 aliphatic rings. The molecule has 0 aliphatic carbocycles. The molecule has 178 valence electrons. The van der Waals surface area contributed by atoms with Crippen molar-refractivity contribution in [3.63, 3.8) is 0 Å². The Kier molecular flexibility index (Phi) is 6.80. The molecule has 1 aromatic heterocycles. The normalized spacial score (nSPS) is 14.1. The fourth-order valence-corrected chi connectivity index (χ4v) is 4.43. The number of hydrogen-bond donors (Lipinski definition) is 1. The Morgan fingerprint density at radius 1 is 0.886 bits per heavy atom. The summed E-state index contributed by atoms with van der Waals surface area (Å²) in [6.45, 7) is 1.67. The highest BCUT2D eigenvalue weighted by Crippen LogP contribution is 2.22. The van der Waals surface area contributed by atoms with E-state index in [2.05, 4.69) is 11.4 Å². The Morgan fingerprint density at radius 3 is 2.43 bits per heavy atom. The number of likely N-dealkylation sites (tertiary alicyclic amines) is 1. The molecule has 1 atom stereocenters. The van der Waals surface area contributed by atoms with Gasteiger partial charge in [0.2, 0.25) is 5.91 Å². The predicted octanol–water partition coefficient (Wildman–Crippen LogP) is 4.98. The van der Waals surface area contributed by atoms with Gasteiger partial charge in [-0.2, -0.15) is 0 Å². The molecule has 3 aromatic carbocycles. The summed E-state index contributed by atoms with van der Waals surface area (Å²) < 4.78 is 11.6. The highest BCUT2D eigenvalue weighted by molar-refractivity contribution is 5.95. The minimum absolute atomic E-state index is 0.0499. The quantitative estimate of drug-likeness (QED) is 0.396. The SMILES string of the molecule is O=C(NC(Cc1ccccc1)C(=O)N1CCCC1)c1ccc(COc2ccc3ccccc3c2)o1. The molecule has 0 saturated carbocycles. The van der Waals surface area contributed by atoms with Crippen LogP contribution >= 0.6 is 0 Å². The second-order valence-corrected chi connectivity index (χ2v) is 8.81. The lowest BCUT2D eigenvalue weighted by atomic mass is 10.0. The Bertz CT molecular complexity index is 1310. The van der Waals surface area contributed by atoms with Gasteiger partial charge in [-0.1, -0.05) is 60.7 Å². The third-order valence-corrected chi connectivity index (χ3v) is 6.29. The molecular weight excluding hydrogens is 440 g/mol. The van der Waals surface area contributed by atoms with Crippen LogP contribution in [0.2, 0.25) is 0 Å². The number of fused-ring (bicyclic) bond motifs is 1. The van der Waals surface area contributed by atoms with E-state index in [-0.39, 0.29) is 18.3 Å². The lowest BCUT2D eigenvalue weighted by Crippen LogP contribution is -2.48. The maximum absolute atomic E-state index is 13.1. The van der Waals surface area contributed by atoms with Crippen molar-refractivity contribution in [2.45, 2.75) is 31.9 Å². The molecule has 1 unspecified atom stereocenters. The van der Waals surface area contributed by atoms with Gasteiger partial charge >= 0.3 is 0 Å². The molecule has 5 rings (SSSR count). The summed E-state index contributed by atoms with van der Waals surface area (Å²) in [7, 11) is 0. The molecular formula is C29H28N2O4. The molecule has 6 heteroatoms. The predicted molar refractivity (Wildman–Crippen MR) is 134 cm³/mol.